The number of anilines is 1. The van der Waals surface area contributed by atoms with Crippen LogP contribution in [0.25, 0.3) is 0 Å². The maximum atomic E-state index is 13.3. The van der Waals surface area contributed by atoms with Crippen molar-refractivity contribution >= 4 is 51.7 Å². The van der Waals surface area contributed by atoms with Crippen molar-refractivity contribution in [3.63, 3.8) is 0 Å². The molecule has 9 heteroatoms. The minimum Gasteiger partial charge on any atom is -0.454 e. The van der Waals surface area contributed by atoms with Gasteiger partial charge in [-0.1, -0.05) is 53.2 Å². The van der Waals surface area contributed by atoms with Gasteiger partial charge in [0.2, 0.25) is 18.6 Å². The van der Waals surface area contributed by atoms with E-state index >= 15 is 0 Å². The van der Waals surface area contributed by atoms with Crippen LogP contribution in [0.5, 0.6) is 11.5 Å². The second-order valence-electron chi connectivity index (χ2n) is 8.66. The summed E-state index contributed by atoms with van der Waals surface area (Å²) in [6.45, 7) is 4.41. The predicted molar refractivity (Wildman–Crippen MR) is 142 cm³/mol. The van der Waals surface area contributed by atoms with Crippen LogP contribution in [-0.2, 0) is 16.1 Å². The molecule has 5 rings (SSSR count). The molecule has 0 saturated carbocycles. The van der Waals surface area contributed by atoms with E-state index in [1.165, 1.54) is 11.8 Å². The Morgan fingerprint density at radius 2 is 1.94 bits per heavy atom. The van der Waals surface area contributed by atoms with Crippen molar-refractivity contribution in [1.29, 1.82) is 0 Å². The van der Waals surface area contributed by atoms with Crippen LogP contribution in [0.1, 0.15) is 23.1 Å². The summed E-state index contributed by atoms with van der Waals surface area (Å²) in [7, 11) is 0. The molecule has 3 aromatic rings. The summed E-state index contributed by atoms with van der Waals surface area (Å²) >= 11 is 7.43. The zero-order valence-electron chi connectivity index (χ0n) is 19.8. The number of aliphatic imine (C=N–C) groups is 1. The van der Waals surface area contributed by atoms with Gasteiger partial charge < -0.3 is 14.8 Å². The number of hydrogen-bond acceptors (Lipinski definition) is 6. The Labute approximate surface area is 218 Å². The summed E-state index contributed by atoms with van der Waals surface area (Å²) in [5.74, 6) is 0.896. The second-order valence-corrected chi connectivity index (χ2v) is 10.3. The van der Waals surface area contributed by atoms with Crippen LogP contribution in [0.3, 0.4) is 0 Å². The Balaban J connectivity index is 1.41. The molecule has 1 N–H and O–H groups in total. The standard InChI is InChI=1S/C27H24ClN3O4S/c1-16-6-8-21(17(2)10-16)30-26(33)24-13-25(32)31(14-18-7-9-22-23(11-18)35-15-34-22)27(36-24)29-20-5-3-4-19(28)12-20/h3-12,24H,13-15H2,1-2H3,(H,30,33). The third kappa shape index (κ3) is 5.34. The minimum absolute atomic E-state index is 0.0561. The average molecular weight is 522 g/mol. The monoisotopic (exact) mass is 521 g/mol. The maximum absolute atomic E-state index is 13.3. The molecule has 2 aliphatic rings. The van der Waals surface area contributed by atoms with Crippen molar-refractivity contribution < 1.29 is 19.1 Å². The number of ether oxygens (including phenoxy) is 2. The van der Waals surface area contributed by atoms with Crippen molar-refractivity contribution in [3.05, 3.63) is 82.4 Å². The Kier molecular flexibility index (Phi) is 6.89. The highest BCUT2D eigenvalue weighted by Crippen LogP contribution is 2.35. The molecule has 0 bridgehead atoms. The Morgan fingerprint density at radius 1 is 1.11 bits per heavy atom. The minimum atomic E-state index is -0.621. The number of hydrogen-bond donors (Lipinski definition) is 1. The van der Waals surface area contributed by atoms with E-state index in [0.717, 1.165) is 22.4 Å². The van der Waals surface area contributed by atoms with E-state index in [2.05, 4.69) is 5.32 Å². The van der Waals surface area contributed by atoms with Crippen molar-refractivity contribution in [2.75, 3.05) is 12.1 Å². The first kappa shape index (κ1) is 24.2. The van der Waals surface area contributed by atoms with Gasteiger partial charge in [0.1, 0.15) is 5.25 Å². The lowest BCUT2D eigenvalue weighted by molar-refractivity contribution is -0.129. The largest absolute Gasteiger partial charge is 0.454 e. The van der Waals surface area contributed by atoms with Gasteiger partial charge in [-0.05, 0) is 61.4 Å². The first-order chi connectivity index (χ1) is 17.4. The van der Waals surface area contributed by atoms with Gasteiger partial charge in [-0.25, -0.2) is 4.99 Å². The molecule has 184 valence electrons. The summed E-state index contributed by atoms with van der Waals surface area (Å²) in [5.41, 5.74) is 4.28. The predicted octanol–water partition coefficient (Wildman–Crippen LogP) is 5.85. The van der Waals surface area contributed by atoms with Crippen molar-refractivity contribution in [2.24, 2.45) is 4.99 Å². The summed E-state index contributed by atoms with van der Waals surface area (Å²) in [4.78, 5) is 32.8. The molecule has 2 aliphatic heterocycles. The van der Waals surface area contributed by atoms with E-state index in [1.54, 1.807) is 23.1 Å². The number of nitrogens with one attached hydrogen (secondary N) is 1. The number of fused-ring (bicyclic) bond motifs is 1. The third-order valence-electron chi connectivity index (χ3n) is 5.88. The molecule has 0 aromatic heterocycles. The molecular weight excluding hydrogens is 498 g/mol. The van der Waals surface area contributed by atoms with Crippen LogP contribution in [0.15, 0.2) is 65.7 Å². The topological polar surface area (TPSA) is 80.2 Å². The SMILES string of the molecule is Cc1ccc(NC(=O)C2CC(=O)N(Cc3ccc4c(c3)OCO4)C(=Nc3cccc(Cl)c3)S2)c(C)c1. The Hall–Kier alpha value is -3.49. The number of thioether (sulfide) groups is 1. The highest BCUT2D eigenvalue weighted by atomic mass is 35.5. The van der Waals surface area contributed by atoms with Crippen LogP contribution in [0, 0.1) is 13.8 Å². The van der Waals surface area contributed by atoms with Gasteiger partial charge in [0.25, 0.3) is 0 Å². The maximum Gasteiger partial charge on any atom is 0.238 e. The fourth-order valence-electron chi connectivity index (χ4n) is 4.04. The van der Waals surface area contributed by atoms with E-state index < -0.39 is 5.25 Å². The number of halogens is 1. The lowest BCUT2D eigenvalue weighted by atomic mass is 10.1. The quantitative estimate of drug-likeness (QED) is 0.456. The van der Waals surface area contributed by atoms with Gasteiger partial charge in [0, 0.05) is 17.1 Å². The summed E-state index contributed by atoms with van der Waals surface area (Å²) in [5, 5.41) is 3.33. The summed E-state index contributed by atoms with van der Waals surface area (Å²) in [6.07, 6.45) is 0.0561. The zero-order chi connectivity index (χ0) is 25.2. The van der Waals surface area contributed by atoms with E-state index in [-0.39, 0.29) is 31.6 Å². The zero-order valence-corrected chi connectivity index (χ0v) is 21.4. The van der Waals surface area contributed by atoms with Crippen molar-refractivity contribution in [3.8, 4) is 11.5 Å². The van der Waals surface area contributed by atoms with Crippen molar-refractivity contribution in [1.82, 2.24) is 4.90 Å². The molecule has 1 saturated heterocycles. The van der Waals surface area contributed by atoms with Crippen LogP contribution in [0.2, 0.25) is 5.02 Å². The highest BCUT2D eigenvalue weighted by molar-refractivity contribution is 8.15. The summed E-state index contributed by atoms with van der Waals surface area (Å²) < 4.78 is 10.9. The van der Waals surface area contributed by atoms with Gasteiger partial charge in [-0.15, -0.1) is 0 Å². The number of aryl methyl sites for hydroxylation is 2. The number of amides is 2. The van der Waals surface area contributed by atoms with Gasteiger partial charge in [0.15, 0.2) is 16.7 Å². The second kappa shape index (κ2) is 10.2. The molecule has 3 aromatic carbocycles. The van der Waals surface area contributed by atoms with E-state index in [9.17, 15) is 9.59 Å². The van der Waals surface area contributed by atoms with E-state index in [1.807, 2.05) is 56.3 Å². The van der Waals surface area contributed by atoms with Gasteiger partial charge >= 0.3 is 0 Å². The molecule has 0 radical (unpaired) electrons. The van der Waals surface area contributed by atoms with Gasteiger partial charge in [0.05, 0.1) is 12.2 Å². The summed E-state index contributed by atoms with van der Waals surface area (Å²) in [6, 6.07) is 18.5. The fourth-order valence-corrected chi connectivity index (χ4v) is 5.32. The number of carbonyl (C=O) groups is 2. The Bertz CT molecular complexity index is 1380. The van der Waals surface area contributed by atoms with E-state index in [4.69, 9.17) is 26.1 Å². The number of amidine groups is 1. The molecule has 2 heterocycles. The molecule has 36 heavy (non-hydrogen) atoms. The molecule has 0 spiro atoms. The number of nitrogens with zero attached hydrogens (tertiary/aromatic N) is 2. The van der Waals surface area contributed by atoms with Crippen LogP contribution in [0.4, 0.5) is 11.4 Å². The molecule has 0 aliphatic carbocycles. The number of carbonyl (C=O) groups excluding carboxylic acids is 2. The average Bonchev–Trinajstić information content (AvgIpc) is 3.31. The molecule has 7 nitrogen and oxygen atoms in total. The molecule has 1 fully saturated rings. The van der Waals surface area contributed by atoms with Gasteiger partial charge in [-0.3, -0.25) is 14.5 Å². The third-order valence-corrected chi connectivity index (χ3v) is 7.31. The van der Waals surface area contributed by atoms with E-state index in [0.29, 0.717) is 27.4 Å². The molecular formula is C27H24ClN3O4S. The van der Waals surface area contributed by atoms with Gasteiger partial charge in [-0.2, -0.15) is 0 Å². The first-order valence-electron chi connectivity index (χ1n) is 11.4. The number of benzene rings is 3. The molecule has 1 unspecified atom stereocenters. The smallest absolute Gasteiger partial charge is 0.238 e. The molecule has 1 atom stereocenters. The van der Waals surface area contributed by atoms with Crippen LogP contribution < -0.4 is 14.8 Å². The normalized spacial score (nSPS) is 18.0. The fraction of sp³-hybridized carbons (Fsp3) is 0.222. The lowest BCUT2D eigenvalue weighted by Crippen LogP contribution is -2.44. The molecule has 2 amide bonds. The number of rotatable bonds is 5. The Morgan fingerprint density at radius 3 is 2.75 bits per heavy atom. The highest BCUT2D eigenvalue weighted by Gasteiger charge is 2.36. The lowest BCUT2D eigenvalue weighted by Gasteiger charge is -2.32. The van der Waals surface area contributed by atoms with Crippen LogP contribution >= 0.6 is 23.4 Å². The first-order valence-corrected chi connectivity index (χ1v) is 12.7. The van der Waals surface area contributed by atoms with Crippen molar-refractivity contribution in [2.45, 2.75) is 32.1 Å². The van der Waals surface area contributed by atoms with Crippen LogP contribution in [-0.4, -0.2) is 33.9 Å².